The Hall–Kier alpha value is -1.13. The number of aromatic nitrogens is 1. The lowest BCUT2D eigenvalue weighted by Crippen LogP contribution is -2.41. The van der Waals surface area contributed by atoms with Crippen molar-refractivity contribution in [2.24, 2.45) is 5.73 Å². The minimum absolute atomic E-state index is 0.356. The summed E-state index contributed by atoms with van der Waals surface area (Å²) in [6.07, 6.45) is 1.38. The maximum atomic E-state index is 10.8. The Morgan fingerprint density at radius 1 is 1.71 bits per heavy atom. The number of carbonyl (C=O) groups is 1. The Balaban J connectivity index is 3.21. The Morgan fingerprint density at radius 3 is 2.71 bits per heavy atom. The van der Waals surface area contributed by atoms with Crippen LogP contribution in [0.1, 0.15) is 18.1 Å². The molecule has 0 spiro atoms. The Morgan fingerprint density at radius 2 is 2.29 bits per heavy atom. The van der Waals surface area contributed by atoms with Crippen molar-refractivity contribution in [2.75, 3.05) is 0 Å². The highest BCUT2D eigenvalue weighted by Crippen LogP contribution is 2.21. The van der Waals surface area contributed by atoms with E-state index in [4.69, 9.17) is 22.4 Å². The van der Waals surface area contributed by atoms with Crippen LogP contribution in [0.15, 0.2) is 12.3 Å². The average Bonchev–Trinajstić information content (AvgIpc) is 2.09. The fourth-order valence-corrected chi connectivity index (χ4v) is 1.07. The maximum absolute atomic E-state index is 10.8. The second-order valence-electron chi connectivity index (χ2n) is 3.34. The molecule has 5 heteroatoms. The summed E-state index contributed by atoms with van der Waals surface area (Å²) in [5, 5.41) is 9.23. The van der Waals surface area contributed by atoms with Gasteiger partial charge in [0, 0.05) is 11.8 Å². The van der Waals surface area contributed by atoms with Crippen molar-refractivity contribution in [1.82, 2.24) is 4.98 Å². The summed E-state index contributed by atoms with van der Waals surface area (Å²) in [5.74, 6) is -1.10. The Bertz CT molecular complexity index is 377. The predicted molar refractivity (Wildman–Crippen MR) is 53.2 cm³/mol. The Kier molecular flexibility index (Phi) is 2.78. The van der Waals surface area contributed by atoms with E-state index in [2.05, 4.69) is 4.98 Å². The second kappa shape index (κ2) is 3.55. The van der Waals surface area contributed by atoms with Gasteiger partial charge in [0.05, 0.1) is 0 Å². The molecule has 0 aromatic carbocycles. The third-order valence-electron chi connectivity index (χ3n) is 2.06. The van der Waals surface area contributed by atoms with Gasteiger partial charge in [0.25, 0.3) is 0 Å². The molecule has 1 unspecified atom stereocenters. The highest BCUT2D eigenvalue weighted by Gasteiger charge is 2.30. The smallest absolute Gasteiger partial charge is 0.328 e. The van der Waals surface area contributed by atoms with Crippen LogP contribution in [0.2, 0.25) is 5.15 Å². The molecule has 0 radical (unpaired) electrons. The van der Waals surface area contributed by atoms with Gasteiger partial charge in [-0.05, 0) is 25.5 Å². The van der Waals surface area contributed by atoms with Crippen molar-refractivity contribution in [3.05, 3.63) is 28.5 Å². The first-order valence-corrected chi connectivity index (χ1v) is 4.38. The fraction of sp³-hybridized carbons (Fsp3) is 0.333. The van der Waals surface area contributed by atoms with Gasteiger partial charge in [0.1, 0.15) is 10.7 Å². The van der Waals surface area contributed by atoms with Crippen molar-refractivity contribution < 1.29 is 9.90 Å². The van der Waals surface area contributed by atoms with E-state index >= 15 is 0 Å². The van der Waals surface area contributed by atoms with E-state index in [1.165, 1.54) is 13.1 Å². The third kappa shape index (κ3) is 1.86. The Labute approximate surface area is 86.7 Å². The lowest BCUT2D eigenvalue weighted by atomic mass is 9.94. The maximum Gasteiger partial charge on any atom is 0.328 e. The van der Waals surface area contributed by atoms with Crippen LogP contribution in [-0.2, 0) is 10.3 Å². The van der Waals surface area contributed by atoms with Crippen molar-refractivity contribution >= 4 is 17.6 Å². The summed E-state index contributed by atoms with van der Waals surface area (Å²) in [5.41, 5.74) is 5.34. The molecule has 4 nitrogen and oxygen atoms in total. The van der Waals surface area contributed by atoms with E-state index in [1.54, 1.807) is 13.0 Å². The van der Waals surface area contributed by atoms with Crippen LogP contribution in [-0.4, -0.2) is 16.1 Å². The summed E-state index contributed by atoms with van der Waals surface area (Å²) in [6, 6.07) is 1.63. The SMILES string of the molecule is Cc1cc(C(C)(N)C(=O)O)cnc1Cl. The number of aliphatic carboxylic acids is 1. The normalized spacial score (nSPS) is 14.9. The van der Waals surface area contributed by atoms with Crippen LogP contribution in [0, 0.1) is 6.92 Å². The molecule has 0 fully saturated rings. The zero-order valence-electron chi connectivity index (χ0n) is 7.91. The van der Waals surface area contributed by atoms with Gasteiger partial charge in [-0.2, -0.15) is 0 Å². The minimum atomic E-state index is -1.43. The van der Waals surface area contributed by atoms with Gasteiger partial charge >= 0.3 is 5.97 Å². The number of halogens is 1. The number of carboxylic acids is 1. The van der Waals surface area contributed by atoms with Crippen LogP contribution in [0.5, 0.6) is 0 Å². The van der Waals surface area contributed by atoms with Crippen molar-refractivity contribution in [1.29, 1.82) is 0 Å². The molecule has 0 saturated carbocycles. The van der Waals surface area contributed by atoms with Crippen molar-refractivity contribution in [3.63, 3.8) is 0 Å². The highest BCUT2D eigenvalue weighted by atomic mass is 35.5. The van der Waals surface area contributed by atoms with Gasteiger partial charge in [-0.25, -0.2) is 9.78 Å². The van der Waals surface area contributed by atoms with E-state index < -0.39 is 11.5 Å². The van der Waals surface area contributed by atoms with Gasteiger partial charge in [-0.15, -0.1) is 0 Å². The summed E-state index contributed by atoms with van der Waals surface area (Å²) in [6.45, 7) is 3.16. The lowest BCUT2D eigenvalue weighted by molar-refractivity contribution is -0.143. The van der Waals surface area contributed by atoms with Gasteiger partial charge in [-0.3, -0.25) is 0 Å². The molecule has 0 saturated heterocycles. The molecule has 14 heavy (non-hydrogen) atoms. The number of carboxylic acid groups (broad SMARTS) is 1. The molecule has 1 atom stereocenters. The molecule has 76 valence electrons. The first-order valence-electron chi connectivity index (χ1n) is 4.00. The number of aryl methyl sites for hydroxylation is 1. The summed E-state index contributed by atoms with van der Waals surface area (Å²) < 4.78 is 0. The average molecular weight is 215 g/mol. The highest BCUT2D eigenvalue weighted by molar-refractivity contribution is 6.30. The van der Waals surface area contributed by atoms with E-state index in [9.17, 15) is 4.79 Å². The number of rotatable bonds is 2. The first kappa shape index (κ1) is 10.9. The zero-order chi connectivity index (χ0) is 10.9. The molecule has 1 heterocycles. The van der Waals surface area contributed by atoms with E-state index in [-0.39, 0.29) is 0 Å². The van der Waals surface area contributed by atoms with Crippen LogP contribution in [0.3, 0.4) is 0 Å². The van der Waals surface area contributed by atoms with Crippen molar-refractivity contribution in [2.45, 2.75) is 19.4 Å². The van der Waals surface area contributed by atoms with Gasteiger partial charge in [-0.1, -0.05) is 11.6 Å². The van der Waals surface area contributed by atoms with Crippen molar-refractivity contribution in [3.8, 4) is 0 Å². The number of pyridine rings is 1. The molecule has 1 aromatic heterocycles. The van der Waals surface area contributed by atoms with Crippen LogP contribution in [0.25, 0.3) is 0 Å². The van der Waals surface area contributed by atoms with Crippen LogP contribution < -0.4 is 5.73 Å². The third-order valence-corrected chi connectivity index (χ3v) is 2.45. The molecule has 1 rings (SSSR count). The monoisotopic (exact) mass is 214 g/mol. The topological polar surface area (TPSA) is 76.2 Å². The van der Waals surface area contributed by atoms with Gasteiger partial charge in [0.2, 0.25) is 0 Å². The van der Waals surface area contributed by atoms with Crippen LogP contribution >= 0.6 is 11.6 Å². The summed E-state index contributed by atoms with van der Waals surface area (Å²) in [4.78, 5) is 14.7. The molecular formula is C9H11ClN2O2. The van der Waals surface area contributed by atoms with Gasteiger partial charge in [0.15, 0.2) is 0 Å². The quantitative estimate of drug-likeness (QED) is 0.728. The number of nitrogens with zero attached hydrogens (tertiary/aromatic N) is 1. The molecule has 0 bridgehead atoms. The molecule has 0 aliphatic carbocycles. The molecule has 1 aromatic rings. The van der Waals surface area contributed by atoms with E-state index in [0.717, 1.165) is 0 Å². The second-order valence-corrected chi connectivity index (χ2v) is 3.70. The molecule has 0 amide bonds. The fourth-order valence-electron chi connectivity index (χ4n) is 0.966. The first-order chi connectivity index (χ1) is 6.35. The minimum Gasteiger partial charge on any atom is -0.480 e. The number of nitrogens with two attached hydrogens (primary N) is 1. The number of hydrogen-bond donors (Lipinski definition) is 2. The predicted octanol–water partition coefficient (Wildman–Crippen LogP) is 1.30. The summed E-state index contributed by atoms with van der Waals surface area (Å²) in [7, 11) is 0. The summed E-state index contributed by atoms with van der Waals surface area (Å²) >= 11 is 5.71. The molecule has 3 N–H and O–H groups in total. The lowest BCUT2D eigenvalue weighted by Gasteiger charge is -2.19. The van der Waals surface area contributed by atoms with Gasteiger partial charge < -0.3 is 10.8 Å². The standard InChI is InChI=1S/C9H11ClN2O2/c1-5-3-6(4-12-7(5)10)9(2,11)8(13)14/h3-4H,11H2,1-2H3,(H,13,14). The largest absolute Gasteiger partial charge is 0.480 e. The number of hydrogen-bond acceptors (Lipinski definition) is 3. The zero-order valence-corrected chi connectivity index (χ0v) is 8.67. The van der Waals surface area contributed by atoms with E-state index in [0.29, 0.717) is 16.3 Å². The molecule has 0 aliphatic rings. The van der Waals surface area contributed by atoms with E-state index in [1.807, 2.05) is 0 Å². The molecular weight excluding hydrogens is 204 g/mol. The molecule has 0 aliphatic heterocycles. The van der Waals surface area contributed by atoms with Crippen LogP contribution in [0.4, 0.5) is 0 Å².